The number of nitrogens with one attached hydrogen (secondary N) is 2. The Balaban J connectivity index is 1.62. The number of aryl methyl sites for hydroxylation is 2. The molecule has 130 valence electrons. The summed E-state index contributed by atoms with van der Waals surface area (Å²) in [6.45, 7) is 2.52. The number of hydrogen-bond acceptors (Lipinski definition) is 5. The highest BCUT2D eigenvalue weighted by Crippen LogP contribution is 2.32. The lowest BCUT2D eigenvalue weighted by Gasteiger charge is -2.15. The van der Waals surface area contributed by atoms with Crippen molar-refractivity contribution in [2.45, 2.75) is 32.3 Å². The van der Waals surface area contributed by atoms with Gasteiger partial charge < -0.3 is 10.1 Å². The Morgan fingerprint density at radius 2 is 2.24 bits per heavy atom. The van der Waals surface area contributed by atoms with Crippen LogP contribution in [0.25, 0.3) is 11.4 Å². The standard InChI is InChI=1S/C17H19N5O3/c1-2-18-16(23)13-9-22(17(24)25-13)12-6-10-4-3-5-11-7-20-21-15(11)14(10)19-8-12/h6-8,13H,2-5,9H2,1H3,(H,18,23)(H,20,21)/t13-/m1/s1. The fraction of sp³-hybridized carbons (Fsp3) is 0.412. The van der Waals surface area contributed by atoms with Crippen molar-refractivity contribution < 1.29 is 14.3 Å². The van der Waals surface area contributed by atoms with Crippen LogP contribution < -0.4 is 10.2 Å². The first-order chi connectivity index (χ1) is 12.2. The summed E-state index contributed by atoms with van der Waals surface area (Å²) in [5, 5.41) is 9.80. The van der Waals surface area contributed by atoms with Gasteiger partial charge in [-0.05, 0) is 43.4 Å². The first kappa shape index (κ1) is 15.6. The van der Waals surface area contributed by atoms with Crippen LogP contribution in [0.4, 0.5) is 10.5 Å². The molecule has 0 aromatic carbocycles. The highest BCUT2D eigenvalue weighted by atomic mass is 16.6. The molecule has 0 saturated carbocycles. The van der Waals surface area contributed by atoms with E-state index in [1.165, 1.54) is 4.90 Å². The van der Waals surface area contributed by atoms with Gasteiger partial charge in [-0.25, -0.2) is 4.79 Å². The number of amides is 2. The molecular weight excluding hydrogens is 322 g/mol. The Morgan fingerprint density at radius 1 is 1.40 bits per heavy atom. The number of nitrogens with zero attached hydrogens (tertiary/aromatic N) is 3. The molecule has 8 nitrogen and oxygen atoms in total. The number of fused-ring (bicyclic) bond motifs is 3. The molecule has 2 aromatic rings. The van der Waals surface area contributed by atoms with Crippen molar-refractivity contribution in [2.24, 2.45) is 0 Å². The number of pyridine rings is 1. The van der Waals surface area contributed by atoms with Crippen molar-refractivity contribution in [1.82, 2.24) is 20.5 Å². The van der Waals surface area contributed by atoms with Crippen LogP contribution >= 0.6 is 0 Å². The zero-order chi connectivity index (χ0) is 17.4. The molecule has 1 aliphatic heterocycles. The largest absolute Gasteiger partial charge is 0.434 e. The topological polar surface area (TPSA) is 100 Å². The summed E-state index contributed by atoms with van der Waals surface area (Å²) in [6.07, 6.45) is 5.00. The first-order valence-corrected chi connectivity index (χ1v) is 8.44. The number of anilines is 1. The van der Waals surface area contributed by atoms with E-state index in [4.69, 9.17) is 4.74 Å². The van der Waals surface area contributed by atoms with Crippen molar-refractivity contribution in [3.8, 4) is 11.4 Å². The number of rotatable bonds is 3. The zero-order valence-corrected chi connectivity index (χ0v) is 13.9. The monoisotopic (exact) mass is 341 g/mol. The Morgan fingerprint density at radius 3 is 3.08 bits per heavy atom. The molecule has 0 bridgehead atoms. The maximum absolute atomic E-state index is 12.2. The molecule has 25 heavy (non-hydrogen) atoms. The number of carbonyl (C=O) groups excluding carboxylic acids is 2. The first-order valence-electron chi connectivity index (χ1n) is 8.44. The second kappa shape index (κ2) is 6.19. The van der Waals surface area contributed by atoms with Gasteiger partial charge in [0.1, 0.15) is 0 Å². The van der Waals surface area contributed by atoms with Crippen LogP contribution in [0.3, 0.4) is 0 Å². The minimum atomic E-state index is -0.787. The molecule has 0 spiro atoms. The van der Waals surface area contributed by atoms with Crippen LogP contribution in [0.1, 0.15) is 24.5 Å². The fourth-order valence-electron chi connectivity index (χ4n) is 3.33. The van der Waals surface area contributed by atoms with E-state index in [9.17, 15) is 9.59 Å². The van der Waals surface area contributed by atoms with E-state index in [-0.39, 0.29) is 12.5 Å². The van der Waals surface area contributed by atoms with Crippen LogP contribution in [-0.2, 0) is 22.4 Å². The fourth-order valence-corrected chi connectivity index (χ4v) is 3.33. The van der Waals surface area contributed by atoms with Gasteiger partial charge in [0.2, 0.25) is 0 Å². The van der Waals surface area contributed by atoms with Crippen LogP contribution in [0.2, 0.25) is 0 Å². The van der Waals surface area contributed by atoms with Gasteiger partial charge in [-0.2, -0.15) is 5.10 Å². The average Bonchev–Trinajstić information content (AvgIpc) is 3.18. The third-order valence-electron chi connectivity index (χ3n) is 4.57. The molecule has 1 saturated heterocycles. The maximum Gasteiger partial charge on any atom is 0.415 e. The van der Waals surface area contributed by atoms with E-state index in [2.05, 4.69) is 20.5 Å². The van der Waals surface area contributed by atoms with Gasteiger partial charge in [0.15, 0.2) is 6.10 Å². The minimum Gasteiger partial charge on any atom is -0.434 e. The van der Waals surface area contributed by atoms with E-state index in [1.807, 2.05) is 19.2 Å². The molecule has 1 fully saturated rings. The second-order valence-corrected chi connectivity index (χ2v) is 6.20. The molecule has 2 aliphatic rings. The van der Waals surface area contributed by atoms with Crippen LogP contribution in [-0.4, -0.2) is 46.4 Å². The Hall–Kier alpha value is -2.90. The van der Waals surface area contributed by atoms with Gasteiger partial charge >= 0.3 is 6.09 Å². The van der Waals surface area contributed by atoms with Crippen LogP contribution in [0.5, 0.6) is 0 Å². The summed E-state index contributed by atoms with van der Waals surface area (Å²) in [4.78, 5) is 30.1. The molecule has 2 N–H and O–H groups in total. The number of aromatic amines is 1. The van der Waals surface area contributed by atoms with Crippen LogP contribution in [0, 0.1) is 0 Å². The van der Waals surface area contributed by atoms with E-state index < -0.39 is 12.2 Å². The third kappa shape index (κ3) is 2.73. The molecule has 2 aromatic heterocycles. The normalized spacial score (nSPS) is 19.0. The van der Waals surface area contributed by atoms with Crippen molar-refractivity contribution in [2.75, 3.05) is 18.0 Å². The van der Waals surface area contributed by atoms with Gasteiger partial charge in [0.05, 0.1) is 36.0 Å². The summed E-state index contributed by atoms with van der Waals surface area (Å²) >= 11 is 0. The van der Waals surface area contributed by atoms with Crippen molar-refractivity contribution in [3.63, 3.8) is 0 Å². The lowest BCUT2D eigenvalue weighted by Crippen LogP contribution is -2.37. The Bertz CT molecular complexity index is 831. The van der Waals surface area contributed by atoms with E-state index in [1.54, 1.807) is 6.20 Å². The summed E-state index contributed by atoms with van der Waals surface area (Å²) in [6, 6.07) is 1.96. The molecule has 2 amide bonds. The summed E-state index contributed by atoms with van der Waals surface area (Å²) in [7, 11) is 0. The lowest BCUT2D eigenvalue weighted by molar-refractivity contribution is -0.127. The molecule has 1 aliphatic carbocycles. The summed E-state index contributed by atoms with van der Waals surface area (Å²) in [5.74, 6) is -0.275. The number of H-pyrrole nitrogens is 1. The zero-order valence-electron chi connectivity index (χ0n) is 13.9. The number of cyclic esters (lactones) is 1. The SMILES string of the molecule is CCNC(=O)[C@H]1CN(c2cnc3c(c2)CCCc2cn[nH]c2-3)C(=O)O1. The quantitative estimate of drug-likeness (QED) is 0.879. The molecule has 1 atom stereocenters. The predicted octanol–water partition coefficient (Wildman–Crippen LogP) is 1.42. The lowest BCUT2D eigenvalue weighted by atomic mass is 10.1. The number of likely N-dealkylation sites (N-methyl/N-ethyl adjacent to an activating group) is 1. The van der Waals surface area contributed by atoms with Crippen molar-refractivity contribution in [1.29, 1.82) is 0 Å². The summed E-state index contributed by atoms with van der Waals surface area (Å²) < 4.78 is 5.19. The van der Waals surface area contributed by atoms with Crippen molar-refractivity contribution in [3.05, 3.63) is 29.6 Å². The summed E-state index contributed by atoms with van der Waals surface area (Å²) in [5.41, 5.74) is 4.70. The number of hydrogen-bond donors (Lipinski definition) is 2. The molecular formula is C17H19N5O3. The second-order valence-electron chi connectivity index (χ2n) is 6.20. The molecule has 3 heterocycles. The maximum atomic E-state index is 12.2. The Kier molecular flexibility index (Phi) is 3.87. The van der Waals surface area contributed by atoms with Gasteiger partial charge in [0.25, 0.3) is 5.91 Å². The third-order valence-corrected chi connectivity index (χ3v) is 4.57. The van der Waals surface area contributed by atoms with Crippen molar-refractivity contribution >= 4 is 17.7 Å². The van der Waals surface area contributed by atoms with Gasteiger partial charge in [-0.15, -0.1) is 0 Å². The van der Waals surface area contributed by atoms with E-state index in [0.717, 1.165) is 41.8 Å². The van der Waals surface area contributed by atoms with Crippen LogP contribution in [0.15, 0.2) is 18.5 Å². The van der Waals surface area contributed by atoms with Gasteiger partial charge in [-0.3, -0.25) is 19.8 Å². The predicted molar refractivity (Wildman–Crippen MR) is 90.1 cm³/mol. The smallest absolute Gasteiger partial charge is 0.415 e. The number of carbonyl (C=O) groups is 2. The molecule has 0 unspecified atom stereocenters. The number of ether oxygens (including phenoxy) is 1. The molecule has 0 radical (unpaired) electrons. The average molecular weight is 341 g/mol. The van der Waals surface area contributed by atoms with Gasteiger partial charge in [-0.1, -0.05) is 0 Å². The number of aromatic nitrogens is 3. The highest BCUT2D eigenvalue weighted by molar-refractivity contribution is 5.95. The molecule has 8 heteroatoms. The van der Waals surface area contributed by atoms with E-state index in [0.29, 0.717) is 12.2 Å². The minimum absolute atomic E-state index is 0.195. The molecule has 4 rings (SSSR count). The Labute approximate surface area is 144 Å². The van der Waals surface area contributed by atoms with E-state index >= 15 is 0 Å². The highest BCUT2D eigenvalue weighted by Gasteiger charge is 2.37. The van der Waals surface area contributed by atoms with Gasteiger partial charge in [0, 0.05) is 6.54 Å².